The highest BCUT2D eigenvalue weighted by Gasteiger charge is 2.25. The number of hydrogen-bond acceptors (Lipinski definition) is 8. The Morgan fingerprint density at radius 2 is 2.00 bits per heavy atom. The number of benzene rings is 1. The topological polar surface area (TPSA) is 141 Å². The van der Waals surface area contributed by atoms with Gasteiger partial charge in [0.2, 0.25) is 5.91 Å². The zero-order valence-electron chi connectivity index (χ0n) is 16.4. The first-order chi connectivity index (χ1) is 14.7. The highest BCUT2D eigenvalue weighted by atomic mass is 32.2. The monoisotopic (exact) mass is 468 g/mol. The Bertz CT molecular complexity index is 1210. The molecule has 0 unspecified atom stereocenters. The molecule has 11 nitrogen and oxygen atoms in total. The smallest absolute Gasteiger partial charge is 0.270 e. The summed E-state index contributed by atoms with van der Waals surface area (Å²) in [6, 6.07) is 4.23. The predicted octanol–water partition coefficient (Wildman–Crippen LogP) is 0.498. The second kappa shape index (κ2) is 9.49. The van der Waals surface area contributed by atoms with Crippen molar-refractivity contribution in [1.82, 2.24) is 9.47 Å². The SMILES string of the molecule is C=CCn1c(=NC(=O)CS(=O)(=O)CC(=O)N2CCOCC2)sc2cc([N+](=O)[O-])ccc21. The summed E-state index contributed by atoms with van der Waals surface area (Å²) in [5.41, 5.74) is 0.494. The fourth-order valence-electron chi connectivity index (χ4n) is 3.04. The first-order valence-corrected chi connectivity index (χ1v) is 11.9. The molecule has 0 saturated carbocycles. The van der Waals surface area contributed by atoms with Crippen LogP contribution >= 0.6 is 11.3 Å². The summed E-state index contributed by atoms with van der Waals surface area (Å²) < 4.78 is 31.9. The minimum absolute atomic E-state index is 0.110. The molecule has 1 aromatic carbocycles. The molecule has 1 aliphatic heterocycles. The van der Waals surface area contributed by atoms with Crippen molar-refractivity contribution < 1.29 is 27.7 Å². The van der Waals surface area contributed by atoms with Crippen LogP contribution in [0.3, 0.4) is 0 Å². The molecule has 3 rings (SSSR count). The first-order valence-electron chi connectivity index (χ1n) is 9.22. The fraction of sp³-hybridized carbons (Fsp3) is 0.389. The van der Waals surface area contributed by atoms with Gasteiger partial charge in [0.05, 0.1) is 28.4 Å². The summed E-state index contributed by atoms with van der Waals surface area (Å²) >= 11 is 1.03. The van der Waals surface area contributed by atoms with Crippen molar-refractivity contribution in [3.05, 3.63) is 45.8 Å². The van der Waals surface area contributed by atoms with Gasteiger partial charge in [0.25, 0.3) is 11.6 Å². The standard InChI is InChI=1S/C18H20N4O7S2/c1-2-5-21-14-4-3-13(22(25)26)10-15(14)30-18(21)19-16(23)11-31(27,28)12-17(24)20-6-8-29-9-7-20/h2-4,10H,1,5-9,11-12H2. The minimum atomic E-state index is -4.01. The zero-order chi connectivity index (χ0) is 22.6. The van der Waals surface area contributed by atoms with E-state index in [0.29, 0.717) is 36.5 Å². The first kappa shape index (κ1) is 22.8. The lowest BCUT2D eigenvalue weighted by Gasteiger charge is -2.26. The Balaban J connectivity index is 1.83. The number of nitro benzene ring substituents is 1. The van der Waals surface area contributed by atoms with Gasteiger partial charge in [-0.1, -0.05) is 17.4 Å². The molecule has 0 aliphatic carbocycles. The third-order valence-corrected chi connectivity index (χ3v) is 6.87. The lowest BCUT2D eigenvalue weighted by Crippen LogP contribution is -2.43. The Hall–Kier alpha value is -2.90. The average Bonchev–Trinajstić information content (AvgIpc) is 3.04. The quantitative estimate of drug-likeness (QED) is 0.327. The van der Waals surface area contributed by atoms with Crippen LogP contribution in [0, 0.1) is 10.1 Å². The van der Waals surface area contributed by atoms with Crippen LogP contribution in [0.15, 0.2) is 35.8 Å². The predicted molar refractivity (Wildman–Crippen MR) is 113 cm³/mol. The third kappa shape index (κ3) is 5.62. The number of allylic oxidation sites excluding steroid dienone is 1. The van der Waals surface area contributed by atoms with Crippen molar-refractivity contribution in [1.29, 1.82) is 0 Å². The van der Waals surface area contributed by atoms with Gasteiger partial charge in [0, 0.05) is 31.8 Å². The van der Waals surface area contributed by atoms with E-state index in [1.165, 1.54) is 23.1 Å². The molecule has 2 aromatic rings. The molecule has 166 valence electrons. The van der Waals surface area contributed by atoms with Crippen molar-refractivity contribution in [2.75, 3.05) is 37.8 Å². The van der Waals surface area contributed by atoms with E-state index in [0.717, 1.165) is 11.3 Å². The van der Waals surface area contributed by atoms with Crippen LogP contribution in [0.4, 0.5) is 5.69 Å². The minimum Gasteiger partial charge on any atom is -0.378 e. The van der Waals surface area contributed by atoms with Crippen molar-refractivity contribution in [2.24, 2.45) is 4.99 Å². The summed E-state index contributed by atoms with van der Waals surface area (Å²) in [5.74, 6) is -3.19. The maximum absolute atomic E-state index is 12.4. The van der Waals surface area contributed by atoms with Crippen LogP contribution in [0.25, 0.3) is 10.2 Å². The molecule has 1 aromatic heterocycles. The number of ether oxygens (including phenoxy) is 1. The maximum Gasteiger partial charge on any atom is 0.270 e. The van der Waals surface area contributed by atoms with Gasteiger partial charge < -0.3 is 14.2 Å². The van der Waals surface area contributed by atoms with E-state index in [9.17, 15) is 28.1 Å². The van der Waals surface area contributed by atoms with Crippen molar-refractivity contribution in [3.8, 4) is 0 Å². The molecular weight excluding hydrogens is 448 g/mol. The number of thiazole rings is 1. The molecule has 0 bridgehead atoms. The lowest BCUT2D eigenvalue weighted by atomic mass is 10.3. The number of carbonyl (C=O) groups is 2. The second-order valence-corrected chi connectivity index (χ2v) is 9.80. The molecule has 0 N–H and O–H groups in total. The van der Waals surface area contributed by atoms with Gasteiger partial charge in [-0.15, -0.1) is 6.58 Å². The van der Waals surface area contributed by atoms with Crippen LogP contribution in [-0.2, 0) is 30.7 Å². The number of aromatic nitrogens is 1. The lowest BCUT2D eigenvalue weighted by molar-refractivity contribution is -0.384. The molecule has 13 heteroatoms. The van der Waals surface area contributed by atoms with Gasteiger partial charge >= 0.3 is 0 Å². The number of carbonyl (C=O) groups excluding carboxylic acids is 2. The van der Waals surface area contributed by atoms with E-state index in [1.807, 2.05) is 0 Å². The Morgan fingerprint density at radius 3 is 2.65 bits per heavy atom. The highest BCUT2D eigenvalue weighted by molar-refractivity contribution is 7.92. The third-order valence-electron chi connectivity index (χ3n) is 4.46. The van der Waals surface area contributed by atoms with E-state index in [2.05, 4.69) is 11.6 Å². The molecule has 0 spiro atoms. The number of rotatable bonds is 7. The van der Waals surface area contributed by atoms with Crippen LogP contribution in [0.2, 0.25) is 0 Å². The summed E-state index contributed by atoms with van der Waals surface area (Å²) in [6.07, 6.45) is 1.56. The van der Waals surface area contributed by atoms with Gasteiger partial charge in [0.15, 0.2) is 14.6 Å². The molecule has 2 amide bonds. The molecule has 1 saturated heterocycles. The fourth-order valence-corrected chi connectivity index (χ4v) is 5.23. The summed E-state index contributed by atoms with van der Waals surface area (Å²) in [7, 11) is -4.01. The van der Waals surface area contributed by atoms with Gasteiger partial charge in [-0.3, -0.25) is 19.7 Å². The van der Waals surface area contributed by atoms with E-state index >= 15 is 0 Å². The normalized spacial score (nSPS) is 15.2. The van der Waals surface area contributed by atoms with Crippen LogP contribution in [0.1, 0.15) is 0 Å². The number of amides is 2. The van der Waals surface area contributed by atoms with Crippen LogP contribution in [0.5, 0.6) is 0 Å². The van der Waals surface area contributed by atoms with Crippen molar-refractivity contribution in [2.45, 2.75) is 6.54 Å². The van der Waals surface area contributed by atoms with Crippen LogP contribution in [-0.4, -0.2) is 72.4 Å². The number of nitro groups is 1. The molecule has 31 heavy (non-hydrogen) atoms. The second-order valence-electron chi connectivity index (χ2n) is 6.72. The summed E-state index contributed by atoms with van der Waals surface area (Å²) in [4.78, 5) is 40.5. The van der Waals surface area contributed by atoms with Gasteiger partial charge in [-0.05, 0) is 6.07 Å². The number of hydrogen-bond donors (Lipinski definition) is 0. The molecular formula is C18H20N4O7S2. The van der Waals surface area contributed by atoms with Crippen molar-refractivity contribution in [3.63, 3.8) is 0 Å². The average molecular weight is 469 g/mol. The molecule has 1 aliphatic rings. The van der Waals surface area contributed by atoms with Gasteiger partial charge in [-0.25, -0.2) is 8.42 Å². The van der Waals surface area contributed by atoms with Gasteiger partial charge in [-0.2, -0.15) is 4.99 Å². The number of fused-ring (bicyclic) bond motifs is 1. The molecule has 1 fully saturated rings. The summed E-state index contributed by atoms with van der Waals surface area (Å²) in [5, 5.41) is 11.0. The van der Waals surface area contributed by atoms with E-state index in [1.54, 1.807) is 10.6 Å². The van der Waals surface area contributed by atoms with Gasteiger partial charge in [0.1, 0.15) is 11.5 Å². The van der Waals surface area contributed by atoms with E-state index < -0.39 is 38.1 Å². The largest absolute Gasteiger partial charge is 0.378 e. The van der Waals surface area contributed by atoms with E-state index in [-0.39, 0.29) is 17.0 Å². The van der Waals surface area contributed by atoms with E-state index in [4.69, 9.17) is 4.74 Å². The number of non-ortho nitro benzene ring substituents is 1. The number of morpholine rings is 1. The Labute approximate surface area is 181 Å². The molecule has 2 heterocycles. The van der Waals surface area contributed by atoms with Crippen molar-refractivity contribution >= 4 is 48.9 Å². The Kier molecular flexibility index (Phi) is 6.97. The maximum atomic E-state index is 12.4. The number of nitrogens with zero attached hydrogens (tertiary/aromatic N) is 4. The zero-order valence-corrected chi connectivity index (χ0v) is 18.1. The molecule has 0 radical (unpaired) electrons. The van der Waals surface area contributed by atoms with Crippen LogP contribution < -0.4 is 4.80 Å². The Morgan fingerprint density at radius 1 is 1.29 bits per heavy atom. The highest BCUT2D eigenvalue weighted by Crippen LogP contribution is 2.23. The molecule has 0 atom stereocenters. The number of sulfone groups is 1. The summed E-state index contributed by atoms with van der Waals surface area (Å²) in [6.45, 7) is 5.21.